The van der Waals surface area contributed by atoms with Gasteiger partial charge in [-0.05, 0) is 12.8 Å². The molecular formula is C10H11N9O. The van der Waals surface area contributed by atoms with E-state index in [9.17, 15) is 4.79 Å². The Morgan fingerprint density at radius 1 is 1.40 bits per heavy atom. The summed E-state index contributed by atoms with van der Waals surface area (Å²) in [4.78, 5) is 20.5. The highest BCUT2D eigenvalue weighted by molar-refractivity contribution is 5.94. The Hall–Kier alpha value is -2.78. The Morgan fingerprint density at radius 2 is 2.35 bits per heavy atom. The molecule has 10 heteroatoms. The SMILES string of the molecule is O=C(Nc1nnc2nc[nH]n12)C1CCCn2ncnc21. The molecule has 20 heavy (non-hydrogen) atoms. The number of H-pyrrole nitrogens is 1. The van der Waals surface area contributed by atoms with Crippen molar-refractivity contribution in [2.75, 3.05) is 5.32 Å². The molecule has 1 aliphatic heterocycles. The Balaban J connectivity index is 1.62. The molecule has 102 valence electrons. The van der Waals surface area contributed by atoms with Crippen LogP contribution in [0.3, 0.4) is 0 Å². The minimum atomic E-state index is -0.318. The smallest absolute Gasteiger partial charge is 0.273 e. The van der Waals surface area contributed by atoms with Gasteiger partial charge in [-0.2, -0.15) is 14.6 Å². The molecule has 10 nitrogen and oxygen atoms in total. The normalized spacial score (nSPS) is 18.1. The van der Waals surface area contributed by atoms with Crippen LogP contribution in [0.5, 0.6) is 0 Å². The number of nitrogens with zero attached hydrogens (tertiary/aromatic N) is 7. The third-order valence-corrected chi connectivity index (χ3v) is 3.38. The first-order chi connectivity index (χ1) is 9.83. The van der Waals surface area contributed by atoms with Crippen LogP contribution in [0.1, 0.15) is 24.6 Å². The minimum Gasteiger partial charge on any atom is -0.292 e. The maximum Gasteiger partial charge on any atom is 0.273 e. The number of hydrogen-bond donors (Lipinski definition) is 2. The van der Waals surface area contributed by atoms with Gasteiger partial charge in [-0.15, -0.1) is 10.2 Å². The largest absolute Gasteiger partial charge is 0.292 e. The van der Waals surface area contributed by atoms with E-state index in [4.69, 9.17) is 0 Å². The van der Waals surface area contributed by atoms with Gasteiger partial charge in [0.25, 0.3) is 11.7 Å². The second-order valence-electron chi connectivity index (χ2n) is 4.57. The molecule has 1 amide bonds. The van der Waals surface area contributed by atoms with E-state index in [1.54, 1.807) is 4.68 Å². The van der Waals surface area contributed by atoms with Crippen LogP contribution in [-0.4, -0.2) is 45.5 Å². The Kier molecular flexibility index (Phi) is 2.28. The van der Waals surface area contributed by atoms with E-state index >= 15 is 0 Å². The number of amides is 1. The van der Waals surface area contributed by atoms with Gasteiger partial charge in [0, 0.05) is 6.54 Å². The van der Waals surface area contributed by atoms with Crippen molar-refractivity contribution < 1.29 is 4.79 Å². The molecule has 1 aliphatic rings. The third kappa shape index (κ3) is 1.57. The summed E-state index contributed by atoms with van der Waals surface area (Å²) in [6.45, 7) is 0.800. The quantitative estimate of drug-likeness (QED) is 0.653. The molecule has 3 aromatic rings. The highest BCUT2D eigenvalue weighted by atomic mass is 16.2. The number of hydrogen-bond acceptors (Lipinski definition) is 6. The van der Waals surface area contributed by atoms with Gasteiger partial charge in [0.15, 0.2) is 0 Å². The molecule has 4 rings (SSSR count). The number of anilines is 1. The van der Waals surface area contributed by atoms with Crippen LogP contribution in [0.15, 0.2) is 12.7 Å². The average molecular weight is 273 g/mol. The molecule has 4 heterocycles. The van der Waals surface area contributed by atoms with Crippen molar-refractivity contribution in [2.45, 2.75) is 25.3 Å². The van der Waals surface area contributed by atoms with Gasteiger partial charge < -0.3 is 0 Å². The van der Waals surface area contributed by atoms with E-state index in [1.165, 1.54) is 17.2 Å². The lowest BCUT2D eigenvalue weighted by molar-refractivity contribution is -0.118. The fourth-order valence-electron chi connectivity index (χ4n) is 2.44. The summed E-state index contributed by atoms with van der Waals surface area (Å²) in [5, 5.41) is 17.4. The summed E-state index contributed by atoms with van der Waals surface area (Å²) < 4.78 is 3.27. The zero-order chi connectivity index (χ0) is 13.5. The van der Waals surface area contributed by atoms with Crippen molar-refractivity contribution in [1.82, 2.24) is 39.6 Å². The van der Waals surface area contributed by atoms with Gasteiger partial charge >= 0.3 is 0 Å². The zero-order valence-electron chi connectivity index (χ0n) is 10.4. The number of aromatic amines is 1. The number of nitrogens with one attached hydrogen (secondary N) is 2. The first-order valence-corrected chi connectivity index (χ1v) is 6.26. The minimum absolute atomic E-state index is 0.164. The zero-order valence-corrected chi connectivity index (χ0v) is 10.4. The molecule has 0 aliphatic carbocycles. The summed E-state index contributed by atoms with van der Waals surface area (Å²) in [6, 6.07) is 0. The molecule has 2 N–H and O–H groups in total. The number of aromatic nitrogens is 8. The molecule has 0 aromatic carbocycles. The van der Waals surface area contributed by atoms with E-state index < -0.39 is 0 Å². The van der Waals surface area contributed by atoms with Gasteiger partial charge in [0.05, 0.1) is 5.92 Å². The molecule has 0 radical (unpaired) electrons. The van der Waals surface area contributed by atoms with Crippen LogP contribution in [0.2, 0.25) is 0 Å². The van der Waals surface area contributed by atoms with Gasteiger partial charge in [-0.3, -0.25) is 15.2 Å². The highest BCUT2D eigenvalue weighted by Gasteiger charge is 2.29. The van der Waals surface area contributed by atoms with Crippen LogP contribution in [0, 0.1) is 0 Å². The number of aryl methyl sites for hydroxylation is 1. The molecule has 0 saturated carbocycles. The Labute approximate surface area is 112 Å². The molecule has 1 atom stereocenters. The predicted octanol–water partition coefficient (Wildman–Crippen LogP) is -0.440. The standard InChI is InChI=1S/C10H11N9O/c20-8(6-2-1-3-18-7(6)11-4-13-18)15-10-17-16-9-12-5-14-19(9)10/h4-6H,1-3H2,(H,12,14,16)(H,15,17,20). The average Bonchev–Trinajstić information content (AvgIpc) is 3.14. The molecule has 3 aromatic heterocycles. The molecule has 0 saturated heterocycles. The van der Waals surface area contributed by atoms with Crippen LogP contribution in [0.4, 0.5) is 5.95 Å². The summed E-state index contributed by atoms with van der Waals surface area (Å²) in [5.74, 6) is 0.940. The third-order valence-electron chi connectivity index (χ3n) is 3.38. The topological polar surface area (TPSA) is 119 Å². The summed E-state index contributed by atoms with van der Waals surface area (Å²) >= 11 is 0. The number of carbonyl (C=O) groups excluding carboxylic acids is 1. The number of rotatable bonds is 2. The lowest BCUT2D eigenvalue weighted by Gasteiger charge is -2.20. The Bertz CT molecular complexity index is 768. The van der Waals surface area contributed by atoms with Crippen molar-refractivity contribution in [1.29, 1.82) is 0 Å². The number of fused-ring (bicyclic) bond motifs is 2. The van der Waals surface area contributed by atoms with Crippen LogP contribution in [0.25, 0.3) is 5.78 Å². The lowest BCUT2D eigenvalue weighted by Crippen LogP contribution is -2.28. The fraction of sp³-hybridized carbons (Fsp3) is 0.400. The summed E-state index contributed by atoms with van der Waals surface area (Å²) in [7, 11) is 0. The van der Waals surface area contributed by atoms with E-state index in [0.717, 1.165) is 19.4 Å². The lowest BCUT2D eigenvalue weighted by atomic mass is 9.98. The molecule has 1 unspecified atom stereocenters. The first kappa shape index (κ1) is 11.1. The maximum atomic E-state index is 12.4. The Morgan fingerprint density at radius 3 is 3.30 bits per heavy atom. The second kappa shape index (κ2) is 4.11. The van der Waals surface area contributed by atoms with Crippen LogP contribution in [-0.2, 0) is 11.3 Å². The van der Waals surface area contributed by atoms with Crippen molar-refractivity contribution in [2.24, 2.45) is 0 Å². The van der Waals surface area contributed by atoms with Gasteiger partial charge in [0.1, 0.15) is 18.5 Å². The molecule has 0 spiro atoms. The van der Waals surface area contributed by atoms with E-state index in [2.05, 4.69) is 35.7 Å². The van der Waals surface area contributed by atoms with Gasteiger partial charge in [-0.25, -0.2) is 9.67 Å². The molecule has 0 bridgehead atoms. The van der Waals surface area contributed by atoms with Crippen molar-refractivity contribution in [3.05, 3.63) is 18.5 Å². The molecule has 0 fully saturated rings. The van der Waals surface area contributed by atoms with Gasteiger partial charge in [0.2, 0.25) is 5.91 Å². The van der Waals surface area contributed by atoms with Crippen LogP contribution < -0.4 is 5.32 Å². The van der Waals surface area contributed by atoms with E-state index in [-0.39, 0.29) is 11.8 Å². The van der Waals surface area contributed by atoms with E-state index in [0.29, 0.717) is 17.6 Å². The highest BCUT2D eigenvalue weighted by Crippen LogP contribution is 2.25. The number of carbonyl (C=O) groups is 1. The second-order valence-corrected chi connectivity index (χ2v) is 4.57. The van der Waals surface area contributed by atoms with Crippen molar-refractivity contribution >= 4 is 17.6 Å². The van der Waals surface area contributed by atoms with Crippen molar-refractivity contribution in [3.8, 4) is 0 Å². The monoisotopic (exact) mass is 273 g/mol. The summed E-state index contributed by atoms with van der Waals surface area (Å²) in [6.07, 6.45) is 4.60. The van der Waals surface area contributed by atoms with Gasteiger partial charge in [-0.1, -0.05) is 0 Å². The van der Waals surface area contributed by atoms with E-state index in [1.807, 2.05) is 0 Å². The summed E-state index contributed by atoms with van der Waals surface area (Å²) in [5.41, 5.74) is 0. The predicted molar refractivity (Wildman–Crippen MR) is 65.8 cm³/mol. The van der Waals surface area contributed by atoms with Crippen molar-refractivity contribution in [3.63, 3.8) is 0 Å². The molecular weight excluding hydrogens is 262 g/mol. The fourth-order valence-corrected chi connectivity index (χ4v) is 2.44. The van der Waals surface area contributed by atoms with Crippen LogP contribution >= 0.6 is 0 Å². The first-order valence-electron chi connectivity index (χ1n) is 6.26. The maximum absolute atomic E-state index is 12.4.